The van der Waals surface area contributed by atoms with Crippen molar-refractivity contribution in [2.45, 2.75) is 6.42 Å². The number of carboxylic acids is 1. The molecule has 0 bridgehead atoms. The maximum absolute atomic E-state index is 13.4. The molecule has 0 aromatic heterocycles. The van der Waals surface area contributed by atoms with Crippen LogP contribution in [-0.2, 0) is 9.59 Å². The molecule has 0 heterocycles. The summed E-state index contributed by atoms with van der Waals surface area (Å²) in [6, 6.07) is 2.03. The number of carbonyl (C=O) groups excluding carboxylic acids is 1. The van der Waals surface area contributed by atoms with E-state index in [0.29, 0.717) is 0 Å². The second kappa shape index (κ2) is 4.64. The average molecular weight is 320 g/mol. The summed E-state index contributed by atoms with van der Waals surface area (Å²) in [5.41, 5.74) is -0.556. The molecule has 18 heavy (non-hydrogen) atoms. The fraction of sp³-hybridized carbons (Fsp3) is 0.273. The third-order valence-electron chi connectivity index (χ3n) is 2.70. The van der Waals surface area contributed by atoms with E-state index in [1.807, 2.05) is 0 Å². The van der Waals surface area contributed by atoms with Gasteiger partial charge in [0.1, 0.15) is 5.69 Å². The number of amides is 1. The highest BCUT2D eigenvalue weighted by atomic mass is 79.9. The van der Waals surface area contributed by atoms with Gasteiger partial charge in [0.15, 0.2) is 11.6 Å². The smallest absolute Gasteiger partial charge is 0.307 e. The summed E-state index contributed by atoms with van der Waals surface area (Å²) >= 11 is 2.91. The number of benzene rings is 1. The molecule has 1 aromatic carbocycles. The van der Waals surface area contributed by atoms with Gasteiger partial charge in [-0.1, -0.05) is 15.9 Å². The first-order valence-corrected chi connectivity index (χ1v) is 5.87. The summed E-state index contributed by atoms with van der Waals surface area (Å²) in [5, 5.41) is 10.7. The monoisotopic (exact) mass is 319 g/mol. The fourth-order valence-corrected chi connectivity index (χ4v) is 2.04. The van der Waals surface area contributed by atoms with Crippen LogP contribution in [0, 0.1) is 23.5 Å². The van der Waals surface area contributed by atoms with Gasteiger partial charge in [0, 0.05) is 4.47 Å². The minimum absolute atomic E-state index is 0.195. The van der Waals surface area contributed by atoms with Gasteiger partial charge in [0.2, 0.25) is 5.91 Å². The Morgan fingerprint density at radius 2 is 1.83 bits per heavy atom. The van der Waals surface area contributed by atoms with Crippen molar-refractivity contribution >= 4 is 33.5 Å². The molecule has 7 heteroatoms. The van der Waals surface area contributed by atoms with Gasteiger partial charge in [-0.3, -0.25) is 9.59 Å². The number of carboxylic acid groups (broad SMARTS) is 1. The Morgan fingerprint density at radius 3 is 2.28 bits per heavy atom. The average Bonchev–Trinajstić information content (AvgIpc) is 3.02. The molecule has 1 aromatic rings. The molecule has 1 aliphatic carbocycles. The van der Waals surface area contributed by atoms with Crippen LogP contribution in [0.4, 0.5) is 14.5 Å². The Balaban J connectivity index is 2.11. The lowest BCUT2D eigenvalue weighted by atomic mass is 10.2. The first-order valence-electron chi connectivity index (χ1n) is 5.08. The van der Waals surface area contributed by atoms with Crippen LogP contribution in [0.1, 0.15) is 6.42 Å². The van der Waals surface area contributed by atoms with Crippen LogP contribution in [0.2, 0.25) is 0 Å². The van der Waals surface area contributed by atoms with Crippen molar-refractivity contribution in [3.05, 3.63) is 28.2 Å². The first-order chi connectivity index (χ1) is 8.40. The lowest BCUT2D eigenvalue weighted by Gasteiger charge is -2.07. The van der Waals surface area contributed by atoms with Crippen molar-refractivity contribution in [3.63, 3.8) is 0 Å². The molecule has 0 aliphatic heterocycles. The van der Waals surface area contributed by atoms with Crippen molar-refractivity contribution in [2.75, 3.05) is 5.32 Å². The number of nitrogens with one attached hydrogen (secondary N) is 1. The predicted octanol–water partition coefficient (Wildman–Crippen LogP) is 2.39. The summed E-state index contributed by atoms with van der Waals surface area (Å²) in [5.74, 6) is -5.06. The predicted molar refractivity (Wildman–Crippen MR) is 61.9 cm³/mol. The van der Waals surface area contributed by atoms with Gasteiger partial charge in [-0.2, -0.15) is 0 Å². The Kier molecular flexibility index (Phi) is 3.34. The highest BCUT2D eigenvalue weighted by Crippen LogP contribution is 2.39. The summed E-state index contributed by atoms with van der Waals surface area (Å²) < 4.78 is 27.0. The normalized spacial score (nSPS) is 21.5. The van der Waals surface area contributed by atoms with Crippen molar-refractivity contribution in [1.29, 1.82) is 0 Å². The molecule has 1 saturated carbocycles. The van der Waals surface area contributed by atoms with E-state index in [1.165, 1.54) is 0 Å². The molecule has 96 valence electrons. The number of halogens is 3. The maximum Gasteiger partial charge on any atom is 0.307 e. The van der Waals surface area contributed by atoms with Crippen molar-refractivity contribution in [1.82, 2.24) is 0 Å². The topological polar surface area (TPSA) is 66.4 Å². The molecule has 0 spiro atoms. The molecule has 2 atom stereocenters. The Morgan fingerprint density at radius 1 is 1.28 bits per heavy atom. The zero-order valence-corrected chi connectivity index (χ0v) is 10.5. The van der Waals surface area contributed by atoms with E-state index in [4.69, 9.17) is 5.11 Å². The molecule has 1 aliphatic rings. The number of hydrogen-bond donors (Lipinski definition) is 2. The second-order valence-corrected chi connectivity index (χ2v) is 4.94. The number of carbonyl (C=O) groups is 2. The largest absolute Gasteiger partial charge is 0.481 e. The molecule has 2 unspecified atom stereocenters. The van der Waals surface area contributed by atoms with E-state index in [0.717, 1.165) is 12.1 Å². The van der Waals surface area contributed by atoms with E-state index in [-0.39, 0.29) is 10.9 Å². The Hall–Kier alpha value is -1.50. The summed E-state index contributed by atoms with van der Waals surface area (Å²) in [6.07, 6.45) is 0.195. The molecule has 2 N–H and O–H groups in total. The summed E-state index contributed by atoms with van der Waals surface area (Å²) in [4.78, 5) is 22.1. The van der Waals surface area contributed by atoms with Crippen molar-refractivity contribution in [2.24, 2.45) is 11.8 Å². The van der Waals surface area contributed by atoms with Gasteiger partial charge < -0.3 is 10.4 Å². The summed E-state index contributed by atoms with van der Waals surface area (Å²) in [7, 11) is 0. The van der Waals surface area contributed by atoms with Gasteiger partial charge in [-0.25, -0.2) is 8.78 Å². The van der Waals surface area contributed by atoms with Crippen molar-refractivity contribution in [3.8, 4) is 0 Å². The van der Waals surface area contributed by atoms with Gasteiger partial charge in [0.05, 0.1) is 11.8 Å². The van der Waals surface area contributed by atoms with Gasteiger partial charge in [0.25, 0.3) is 0 Å². The van der Waals surface area contributed by atoms with Crippen LogP contribution in [0.3, 0.4) is 0 Å². The second-order valence-electron chi connectivity index (χ2n) is 4.02. The highest BCUT2D eigenvalue weighted by molar-refractivity contribution is 9.10. The minimum Gasteiger partial charge on any atom is -0.481 e. The zero-order chi connectivity index (χ0) is 13.4. The lowest BCUT2D eigenvalue weighted by molar-refractivity contribution is -0.139. The third kappa shape index (κ3) is 2.50. The molecule has 1 amide bonds. The number of anilines is 1. The molecule has 4 nitrogen and oxygen atoms in total. The van der Waals surface area contributed by atoms with Crippen LogP contribution in [0.15, 0.2) is 16.6 Å². The number of aliphatic carboxylic acids is 1. The molecule has 0 saturated heterocycles. The van der Waals surface area contributed by atoms with Crippen LogP contribution < -0.4 is 5.32 Å². The Bertz CT molecular complexity index is 512. The van der Waals surface area contributed by atoms with E-state index < -0.39 is 41.0 Å². The van der Waals surface area contributed by atoms with E-state index >= 15 is 0 Å². The molecular formula is C11H8BrF2NO3. The Labute approximate surface area is 109 Å². The third-order valence-corrected chi connectivity index (χ3v) is 3.16. The fourth-order valence-electron chi connectivity index (χ4n) is 1.64. The molecular weight excluding hydrogens is 312 g/mol. The number of hydrogen-bond acceptors (Lipinski definition) is 2. The van der Waals surface area contributed by atoms with E-state index in [2.05, 4.69) is 21.2 Å². The van der Waals surface area contributed by atoms with Crippen LogP contribution in [0.25, 0.3) is 0 Å². The molecule has 0 radical (unpaired) electrons. The first kappa shape index (κ1) is 12.9. The molecule has 1 fully saturated rings. The number of rotatable bonds is 3. The van der Waals surface area contributed by atoms with Crippen LogP contribution in [0.5, 0.6) is 0 Å². The standard InChI is InChI=1S/C11H8BrF2NO3/c12-4-1-7(13)9(8(14)2-4)15-10(16)5-3-6(5)11(17)18/h1-2,5-6H,3H2,(H,15,16)(H,17,18). The summed E-state index contributed by atoms with van der Waals surface area (Å²) in [6.45, 7) is 0. The highest BCUT2D eigenvalue weighted by Gasteiger charge is 2.48. The lowest BCUT2D eigenvalue weighted by Crippen LogP contribution is -2.18. The van der Waals surface area contributed by atoms with Crippen molar-refractivity contribution < 1.29 is 23.5 Å². The van der Waals surface area contributed by atoms with Crippen LogP contribution >= 0.6 is 15.9 Å². The van der Waals surface area contributed by atoms with Gasteiger partial charge in [-0.15, -0.1) is 0 Å². The SMILES string of the molecule is O=C(O)C1CC1C(=O)Nc1c(F)cc(Br)cc1F. The van der Waals surface area contributed by atoms with Gasteiger partial charge >= 0.3 is 5.97 Å². The van der Waals surface area contributed by atoms with Crippen LogP contribution in [-0.4, -0.2) is 17.0 Å². The zero-order valence-electron chi connectivity index (χ0n) is 8.91. The molecule has 2 rings (SSSR count). The maximum atomic E-state index is 13.4. The quantitative estimate of drug-likeness (QED) is 0.899. The van der Waals surface area contributed by atoms with Gasteiger partial charge in [-0.05, 0) is 18.6 Å². The minimum atomic E-state index is -1.08. The van der Waals surface area contributed by atoms with E-state index in [9.17, 15) is 18.4 Å². The van der Waals surface area contributed by atoms with E-state index in [1.54, 1.807) is 0 Å².